The first-order chi connectivity index (χ1) is 11.2. The third-order valence-electron chi connectivity index (χ3n) is 3.44. The molecule has 1 aromatic carbocycles. The molecule has 6 heteroatoms. The second-order valence-corrected chi connectivity index (χ2v) is 5.11. The third-order valence-corrected chi connectivity index (χ3v) is 3.44. The van der Waals surface area contributed by atoms with Gasteiger partial charge in [0, 0.05) is 29.9 Å². The van der Waals surface area contributed by atoms with Gasteiger partial charge in [-0.15, -0.1) is 0 Å². The van der Waals surface area contributed by atoms with E-state index in [1.165, 1.54) is 6.07 Å². The van der Waals surface area contributed by atoms with E-state index in [2.05, 4.69) is 21.4 Å². The van der Waals surface area contributed by atoms with Gasteiger partial charge in [-0.05, 0) is 36.8 Å². The molecule has 2 aromatic heterocycles. The Morgan fingerprint density at radius 3 is 2.70 bits per heavy atom. The van der Waals surface area contributed by atoms with E-state index >= 15 is 0 Å². The van der Waals surface area contributed by atoms with Crippen LogP contribution in [0.3, 0.4) is 0 Å². The Kier molecular flexibility index (Phi) is 4.02. The van der Waals surface area contributed by atoms with E-state index in [0.717, 1.165) is 17.5 Å². The Morgan fingerprint density at radius 1 is 1.22 bits per heavy atom. The molecule has 0 aliphatic rings. The molecular formula is C17H15N5O. The predicted octanol–water partition coefficient (Wildman–Crippen LogP) is 2.82. The molecule has 0 atom stereocenters. The summed E-state index contributed by atoms with van der Waals surface area (Å²) in [4.78, 5) is 20.8. The van der Waals surface area contributed by atoms with E-state index in [9.17, 15) is 4.79 Å². The monoisotopic (exact) mass is 305 g/mol. The summed E-state index contributed by atoms with van der Waals surface area (Å²) in [5.74, 6) is 0.415. The van der Waals surface area contributed by atoms with Crippen LogP contribution in [0.15, 0.2) is 47.4 Å². The molecule has 114 valence electrons. The number of fused-ring (bicyclic) bond motifs is 1. The Bertz CT molecular complexity index is 938. The van der Waals surface area contributed by atoms with Crippen LogP contribution in [0, 0.1) is 11.3 Å². The summed E-state index contributed by atoms with van der Waals surface area (Å²) >= 11 is 0. The second-order valence-electron chi connectivity index (χ2n) is 5.11. The second kappa shape index (κ2) is 6.28. The van der Waals surface area contributed by atoms with Crippen LogP contribution in [0.5, 0.6) is 0 Å². The molecule has 0 bridgehead atoms. The topological polar surface area (TPSA) is 83.6 Å². The summed E-state index contributed by atoms with van der Waals surface area (Å²) in [5, 5.41) is 12.7. The maximum atomic E-state index is 12.0. The average molecular weight is 305 g/mol. The number of nitrogens with zero attached hydrogens (tertiary/aromatic N) is 4. The summed E-state index contributed by atoms with van der Waals surface area (Å²) in [5.41, 5.74) is 1.92. The third kappa shape index (κ3) is 3.04. The molecule has 1 N–H and O–H groups in total. The first-order valence-electron chi connectivity index (χ1n) is 7.35. The highest BCUT2D eigenvalue weighted by Crippen LogP contribution is 2.16. The Labute approximate surface area is 133 Å². The molecule has 2 heterocycles. The van der Waals surface area contributed by atoms with E-state index in [1.54, 1.807) is 41.1 Å². The fraction of sp³-hybridized carbons (Fsp3) is 0.176. The van der Waals surface area contributed by atoms with E-state index in [4.69, 9.17) is 5.26 Å². The number of aromatic nitrogens is 3. The lowest BCUT2D eigenvalue weighted by Gasteiger charge is -2.10. The summed E-state index contributed by atoms with van der Waals surface area (Å²) < 4.78 is 1.65. The minimum Gasteiger partial charge on any atom is -0.324 e. The number of hydrogen-bond donors (Lipinski definition) is 1. The molecule has 0 radical (unpaired) electrons. The van der Waals surface area contributed by atoms with Crippen LogP contribution in [-0.4, -0.2) is 14.5 Å². The van der Waals surface area contributed by atoms with Crippen molar-refractivity contribution in [3.8, 4) is 6.07 Å². The lowest BCUT2D eigenvalue weighted by molar-refractivity contribution is 0.671. The SMILES string of the molecule is CCCn1c(=O)ccc2cnc(Nc3ccc(C#N)cc3)nc21. The lowest BCUT2D eigenvalue weighted by Crippen LogP contribution is -2.20. The Balaban J connectivity index is 1.99. The van der Waals surface area contributed by atoms with Gasteiger partial charge in [-0.25, -0.2) is 4.98 Å². The molecule has 0 saturated carbocycles. The van der Waals surface area contributed by atoms with Gasteiger partial charge in [-0.2, -0.15) is 10.2 Å². The summed E-state index contributed by atoms with van der Waals surface area (Å²) in [6.07, 6.45) is 2.54. The Hall–Kier alpha value is -3.20. The van der Waals surface area contributed by atoms with Crippen LogP contribution in [0.2, 0.25) is 0 Å². The zero-order valence-electron chi connectivity index (χ0n) is 12.7. The maximum Gasteiger partial charge on any atom is 0.252 e. The van der Waals surface area contributed by atoms with Crippen molar-refractivity contribution in [1.29, 1.82) is 5.26 Å². The van der Waals surface area contributed by atoms with Gasteiger partial charge >= 0.3 is 0 Å². The highest BCUT2D eigenvalue weighted by atomic mass is 16.1. The molecule has 0 spiro atoms. The highest BCUT2D eigenvalue weighted by molar-refractivity contribution is 5.75. The number of hydrogen-bond acceptors (Lipinski definition) is 5. The minimum atomic E-state index is -0.0672. The van der Waals surface area contributed by atoms with Gasteiger partial charge in [-0.3, -0.25) is 9.36 Å². The molecule has 0 unspecified atom stereocenters. The number of anilines is 2. The molecule has 0 aliphatic heterocycles. The largest absolute Gasteiger partial charge is 0.324 e. The van der Waals surface area contributed by atoms with Crippen molar-refractivity contribution in [2.75, 3.05) is 5.32 Å². The van der Waals surface area contributed by atoms with Crippen LogP contribution in [0.1, 0.15) is 18.9 Å². The van der Waals surface area contributed by atoms with Gasteiger partial charge < -0.3 is 5.32 Å². The van der Waals surface area contributed by atoms with E-state index in [1.807, 2.05) is 6.92 Å². The number of nitriles is 1. The lowest BCUT2D eigenvalue weighted by atomic mass is 10.2. The standard InChI is InChI=1S/C17H15N5O/c1-2-9-22-15(23)8-5-13-11-19-17(21-16(13)22)20-14-6-3-12(10-18)4-7-14/h3-8,11H,2,9H2,1H3,(H,19,20,21). The van der Waals surface area contributed by atoms with Crippen LogP contribution in [0.25, 0.3) is 11.0 Å². The molecule has 0 amide bonds. The van der Waals surface area contributed by atoms with Crippen molar-refractivity contribution in [2.24, 2.45) is 0 Å². The van der Waals surface area contributed by atoms with Gasteiger partial charge in [0.05, 0.1) is 11.6 Å². The van der Waals surface area contributed by atoms with Gasteiger partial charge in [0.2, 0.25) is 5.95 Å². The average Bonchev–Trinajstić information content (AvgIpc) is 2.58. The predicted molar refractivity (Wildman–Crippen MR) is 88.5 cm³/mol. The van der Waals surface area contributed by atoms with Crippen LogP contribution < -0.4 is 10.9 Å². The highest BCUT2D eigenvalue weighted by Gasteiger charge is 2.06. The van der Waals surface area contributed by atoms with Crippen molar-refractivity contribution < 1.29 is 0 Å². The van der Waals surface area contributed by atoms with Crippen molar-refractivity contribution in [1.82, 2.24) is 14.5 Å². The van der Waals surface area contributed by atoms with Gasteiger partial charge in [-0.1, -0.05) is 6.92 Å². The van der Waals surface area contributed by atoms with Crippen molar-refractivity contribution in [2.45, 2.75) is 19.9 Å². The molecule has 0 saturated heterocycles. The van der Waals surface area contributed by atoms with Crippen molar-refractivity contribution in [3.05, 3.63) is 58.5 Å². The number of rotatable bonds is 4. The smallest absolute Gasteiger partial charge is 0.252 e. The molecule has 0 aliphatic carbocycles. The molecule has 3 aromatic rings. The quantitative estimate of drug-likeness (QED) is 0.801. The first-order valence-corrected chi connectivity index (χ1v) is 7.35. The van der Waals surface area contributed by atoms with Crippen molar-refractivity contribution in [3.63, 3.8) is 0 Å². The van der Waals surface area contributed by atoms with Crippen molar-refractivity contribution >= 4 is 22.7 Å². The van der Waals surface area contributed by atoms with Gasteiger partial charge in [0.25, 0.3) is 5.56 Å². The van der Waals surface area contributed by atoms with E-state index in [0.29, 0.717) is 23.7 Å². The first kappa shape index (κ1) is 14.7. The molecular weight excluding hydrogens is 290 g/mol. The fourth-order valence-electron chi connectivity index (χ4n) is 2.33. The normalized spacial score (nSPS) is 10.4. The van der Waals surface area contributed by atoms with Crippen LogP contribution >= 0.6 is 0 Å². The zero-order valence-corrected chi connectivity index (χ0v) is 12.7. The maximum absolute atomic E-state index is 12.0. The number of aryl methyl sites for hydroxylation is 1. The number of nitrogens with one attached hydrogen (secondary N) is 1. The Morgan fingerprint density at radius 2 is 2.00 bits per heavy atom. The number of pyridine rings is 1. The summed E-state index contributed by atoms with van der Waals surface area (Å²) in [6, 6.07) is 12.4. The van der Waals surface area contributed by atoms with Gasteiger partial charge in [0.1, 0.15) is 5.65 Å². The van der Waals surface area contributed by atoms with Crippen LogP contribution in [-0.2, 0) is 6.54 Å². The molecule has 23 heavy (non-hydrogen) atoms. The van der Waals surface area contributed by atoms with Crippen LogP contribution in [0.4, 0.5) is 11.6 Å². The summed E-state index contributed by atoms with van der Waals surface area (Å²) in [7, 11) is 0. The van der Waals surface area contributed by atoms with E-state index < -0.39 is 0 Å². The molecule has 3 rings (SSSR count). The molecule has 0 fully saturated rings. The number of benzene rings is 1. The minimum absolute atomic E-state index is 0.0672. The van der Waals surface area contributed by atoms with E-state index in [-0.39, 0.29) is 5.56 Å². The summed E-state index contributed by atoms with van der Waals surface area (Å²) in [6.45, 7) is 2.63. The van der Waals surface area contributed by atoms with Gasteiger partial charge in [0.15, 0.2) is 0 Å². The molecule has 6 nitrogen and oxygen atoms in total. The fourth-order valence-corrected chi connectivity index (χ4v) is 2.33. The zero-order chi connectivity index (χ0) is 16.2.